The van der Waals surface area contributed by atoms with Crippen molar-refractivity contribution in [1.82, 2.24) is 5.01 Å². The van der Waals surface area contributed by atoms with Crippen molar-refractivity contribution in [2.75, 3.05) is 14.2 Å². The molecule has 6 nitrogen and oxygen atoms in total. The average molecular weight is 469 g/mol. The minimum absolute atomic E-state index is 0.0461. The fourth-order valence-electron chi connectivity index (χ4n) is 4.02. The van der Waals surface area contributed by atoms with Gasteiger partial charge < -0.3 is 18.6 Å². The van der Waals surface area contributed by atoms with Crippen molar-refractivity contribution in [3.63, 3.8) is 0 Å². The van der Waals surface area contributed by atoms with Crippen molar-refractivity contribution in [2.45, 2.75) is 25.6 Å². The Hall–Kier alpha value is -2.93. The standard InChI is InChI=1S/C23H21BrN2O4/c1-13-4-7-20(29-13)17-12-18-16-11-15(24)6-9-19(16)30-23(26(18)25-17)14-5-8-21(27-2)22(10-14)28-3/h4-11,18,23H,12H2,1-3H3/t18-,23+/m1/s1. The fraction of sp³-hybridized carbons (Fsp3) is 0.261. The first-order valence-electron chi connectivity index (χ1n) is 9.68. The number of nitrogens with zero attached hydrogens (tertiary/aromatic N) is 2. The van der Waals surface area contributed by atoms with E-state index in [2.05, 4.69) is 22.0 Å². The van der Waals surface area contributed by atoms with Gasteiger partial charge in [-0.05, 0) is 55.5 Å². The van der Waals surface area contributed by atoms with Gasteiger partial charge in [-0.2, -0.15) is 5.10 Å². The van der Waals surface area contributed by atoms with E-state index in [-0.39, 0.29) is 6.04 Å². The first-order chi connectivity index (χ1) is 14.6. The molecule has 3 aromatic rings. The second kappa shape index (κ2) is 7.40. The zero-order chi connectivity index (χ0) is 20.8. The van der Waals surface area contributed by atoms with Crippen LogP contribution in [0, 0.1) is 6.92 Å². The molecule has 2 aliphatic rings. The number of hydrogen-bond acceptors (Lipinski definition) is 6. The SMILES string of the molecule is COc1ccc([C@@H]2Oc3ccc(Br)cc3[C@H]3CC(c4ccc(C)o4)=NN32)cc1OC. The van der Waals surface area contributed by atoms with Crippen LogP contribution < -0.4 is 14.2 Å². The summed E-state index contributed by atoms with van der Waals surface area (Å²) in [7, 11) is 3.26. The zero-order valence-electron chi connectivity index (χ0n) is 16.9. The summed E-state index contributed by atoms with van der Waals surface area (Å²) in [4.78, 5) is 0. The molecule has 0 aliphatic carbocycles. The van der Waals surface area contributed by atoms with Crippen LogP contribution in [0.2, 0.25) is 0 Å². The van der Waals surface area contributed by atoms with E-state index >= 15 is 0 Å². The largest absolute Gasteiger partial charge is 0.493 e. The number of ether oxygens (including phenoxy) is 3. The van der Waals surface area contributed by atoms with E-state index in [4.69, 9.17) is 23.7 Å². The van der Waals surface area contributed by atoms with Gasteiger partial charge in [0.15, 0.2) is 11.5 Å². The quantitative estimate of drug-likeness (QED) is 0.497. The Kier molecular flexibility index (Phi) is 4.70. The van der Waals surface area contributed by atoms with E-state index in [9.17, 15) is 0 Å². The highest BCUT2D eigenvalue weighted by atomic mass is 79.9. The smallest absolute Gasteiger partial charge is 0.214 e. The molecule has 2 atom stereocenters. The van der Waals surface area contributed by atoms with Gasteiger partial charge >= 0.3 is 0 Å². The van der Waals surface area contributed by atoms with Gasteiger partial charge in [-0.1, -0.05) is 15.9 Å². The second-order valence-corrected chi connectivity index (χ2v) is 8.24. The number of aryl methyl sites for hydroxylation is 1. The summed E-state index contributed by atoms with van der Waals surface area (Å²) < 4.78 is 24.2. The van der Waals surface area contributed by atoms with Crippen molar-refractivity contribution in [1.29, 1.82) is 0 Å². The maximum absolute atomic E-state index is 6.42. The fourth-order valence-corrected chi connectivity index (χ4v) is 4.40. The van der Waals surface area contributed by atoms with Crippen LogP contribution >= 0.6 is 15.9 Å². The number of fused-ring (bicyclic) bond motifs is 3. The van der Waals surface area contributed by atoms with Crippen LogP contribution in [0.5, 0.6) is 17.2 Å². The van der Waals surface area contributed by atoms with Gasteiger partial charge in [-0.3, -0.25) is 0 Å². The molecule has 0 fully saturated rings. The van der Waals surface area contributed by atoms with Gasteiger partial charge in [0.1, 0.15) is 23.0 Å². The molecule has 154 valence electrons. The van der Waals surface area contributed by atoms with Crippen LogP contribution in [0.4, 0.5) is 0 Å². The van der Waals surface area contributed by atoms with E-state index in [0.717, 1.165) is 45.0 Å². The summed E-state index contributed by atoms with van der Waals surface area (Å²) in [5.41, 5.74) is 2.95. The Morgan fingerprint density at radius 1 is 1.03 bits per heavy atom. The molecule has 0 saturated carbocycles. The van der Waals surface area contributed by atoms with E-state index in [1.165, 1.54) is 0 Å². The predicted octanol–water partition coefficient (Wildman–Crippen LogP) is 5.61. The molecule has 5 rings (SSSR count). The minimum Gasteiger partial charge on any atom is -0.493 e. The summed E-state index contributed by atoms with van der Waals surface area (Å²) in [6.07, 6.45) is 0.348. The van der Waals surface area contributed by atoms with Crippen molar-refractivity contribution in [2.24, 2.45) is 5.10 Å². The first-order valence-corrected chi connectivity index (χ1v) is 10.5. The van der Waals surface area contributed by atoms with Gasteiger partial charge in [-0.15, -0.1) is 0 Å². The van der Waals surface area contributed by atoms with Crippen LogP contribution in [0.15, 0.2) is 62.5 Å². The predicted molar refractivity (Wildman–Crippen MR) is 116 cm³/mol. The molecule has 0 amide bonds. The Morgan fingerprint density at radius 3 is 2.60 bits per heavy atom. The lowest BCUT2D eigenvalue weighted by atomic mass is 9.97. The topological polar surface area (TPSA) is 56.4 Å². The lowest BCUT2D eigenvalue weighted by Gasteiger charge is -2.38. The van der Waals surface area contributed by atoms with E-state index < -0.39 is 6.23 Å². The minimum atomic E-state index is -0.392. The molecule has 0 radical (unpaired) electrons. The Bertz CT molecular complexity index is 1140. The summed E-state index contributed by atoms with van der Waals surface area (Å²) in [6, 6.07) is 15.9. The van der Waals surface area contributed by atoms with Crippen molar-refractivity contribution < 1.29 is 18.6 Å². The van der Waals surface area contributed by atoms with Crippen molar-refractivity contribution >= 4 is 21.6 Å². The lowest BCUT2D eigenvalue weighted by Crippen LogP contribution is -2.33. The summed E-state index contributed by atoms with van der Waals surface area (Å²) >= 11 is 3.59. The normalized spacial score (nSPS) is 19.6. The Labute approximate surface area is 183 Å². The molecule has 2 aromatic carbocycles. The van der Waals surface area contributed by atoms with Crippen LogP contribution in [0.3, 0.4) is 0 Å². The van der Waals surface area contributed by atoms with E-state index in [0.29, 0.717) is 11.5 Å². The molecule has 0 saturated heterocycles. The number of hydrogen-bond donors (Lipinski definition) is 0. The molecule has 2 aliphatic heterocycles. The summed E-state index contributed by atoms with van der Waals surface area (Å²) in [5.74, 6) is 3.85. The van der Waals surface area contributed by atoms with Gasteiger partial charge in [0.05, 0.1) is 20.3 Å². The number of hydrazone groups is 1. The third kappa shape index (κ3) is 3.13. The van der Waals surface area contributed by atoms with E-state index in [1.54, 1.807) is 14.2 Å². The molecule has 7 heteroatoms. The number of furan rings is 1. The number of rotatable bonds is 4. The lowest BCUT2D eigenvalue weighted by molar-refractivity contribution is -0.0192. The summed E-state index contributed by atoms with van der Waals surface area (Å²) in [6.45, 7) is 1.94. The highest BCUT2D eigenvalue weighted by Crippen LogP contribution is 2.49. The third-order valence-electron chi connectivity index (χ3n) is 5.47. The van der Waals surface area contributed by atoms with Crippen LogP contribution in [-0.2, 0) is 0 Å². The first kappa shape index (κ1) is 19.1. The molecule has 1 aromatic heterocycles. The average Bonchev–Trinajstić information content (AvgIpc) is 3.39. The Morgan fingerprint density at radius 2 is 1.87 bits per heavy atom. The van der Waals surface area contributed by atoms with Crippen LogP contribution in [0.25, 0.3) is 0 Å². The van der Waals surface area contributed by atoms with Gasteiger partial charge in [0.2, 0.25) is 6.23 Å². The molecule has 0 spiro atoms. The van der Waals surface area contributed by atoms with Gasteiger partial charge in [0, 0.05) is 22.0 Å². The number of benzene rings is 2. The third-order valence-corrected chi connectivity index (χ3v) is 5.96. The van der Waals surface area contributed by atoms with Crippen molar-refractivity contribution in [3.05, 3.63) is 75.7 Å². The number of halogens is 1. The molecule has 0 unspecified atom stereocenters. The Balaban J connectivity index is 1.60. The second-order valence-electron chi connectivity index (χ2n) is 7.32. The van der Waals surface area contributed by atoms with Gasteiger partial charge in [0.25, 0.3) is 0 Å². The number of methoxy groups -OCH3 is 2. The van der Waals surface area contributed by atoms with Crippen molar-refractivity contribution in [3.8, 4) is 17.2 Å². The highest BCUT2D eigenvalue weighted by Gasteiger charge is 2.42. The maximum Gasteiger partial charge on any atom is 0.214 e. The molecular weight excluding hydrogens is 448 g/mol. The molecular formula is C23H21BrN2O4. The molecule has 30 heavy (non-hydrogen) atoms. The maximum atomic E-state index is 6.42. The zero-order valence-corrected chi connectivity index (χ0v) is 18.5. The highest BCUT2D eigenvalue weighted by molar-refractivity contribution is 9.10. The molecule has 0 bridgehead atoms. The van der Waals surface area contributed by atoms with Gasteiger partial charge in [-0.25, -0.2) is 5.01 Å². The van der Waals surface area contributed by atoms with Crippen LogP contribution in [-0.4, -0.2) is 24.9 Å². The molecule has 3 heterocycles. The molecule has 0 N–H and O–H groups in total. The monoisotopic (exact) mass is 468 g/mol. The van der Waals surface area contributed by atoms with Crippen LogP contribution in [0.1, 0.15) is 41.3 Å². The summed E-state index contributed by atoms with van der Waals surface area (Å²) in [5, 5.41) is 6.94. The van der Waals surface area contributed by atoms with E-state index in [1.807, 2.05) is 54.4 Å².